The molecule has 0 aliphatic rings. The second kappa shape index (κ2) is 15.7. The molecular weight excluding hydrogens is 656 g/mol. The van der Waals surface area contributed by atoms with Gasteiger partial charge in [0.05, 0.1) is 24.3 Å². The predicted octanol–water partition coefficient (Wildman–Crippen LogP) is 6.68. The molecule has 1 aromatic carbocycles. The van der Waals surface area contributed by atoms with Gasteiger partial charge in [-0.2, -0.15) is 0 Å². The van der Waals surface area contributed by atoms with E-state index in [9.17, 15) is 9.59 Å². The van der Waals surface area contributed by atoms with E-state index in [0.717, 1.165) is 25.7 Å². The zero-order valence-corrected chi connectivity index (χ0v) is 23.4. The van der Waals surface area contributed by atoms with Crippen molar-refractivity contribution in [3.05, 3.63) is 29.0 Å². The van der Waals surface area contributed by atoms with Gasteiger partial charge in [-0.15, -0.1) is 0 Å². The maximum Gasteiger partial charge on any atom is 0.340 e. The van der Waals surface area contributed by atoms with Crippen molar-refractivity contribution in [2.75, 3.05) is 39.6 Å². The zero-order chi connectivity index (χ0) is 22.5. The number of hydrogen-bond acceptors (Lipinski definition) is 6. The van der Waals surface area contributed by atoms with E-state index < -0.39 is 11.9 Å². The fraction of sp³-hybridized carbons (Fsp3) is 0.600. The summed E-state index contributed by atoms with van der Waals surface area (Å²) >= 11 is 13.6. The molecule has 30 heavy (non-hydrogen) atoms. The summed E-state index contributed by atoms with van der Waals surface area (Å²) in [6.45, 7) is 6.12. The second-order valence-corrected chi connectivity index (χ2v) is 9.38. The van der Waals surface area contributed by atoms with Crippen molar-refractivity contribution >= 4 is 75.7 Å². The number of halogens is 4. The number of benzene rings is 1. The second-order valence-electron chi connectivity index (χ2n) is 6.21. The van der Waals surface area contributed by atoms with E-state index >= 15 is 0 Å². The SMILES string of the molecule is CCCCOCCOC(=O)c1c(Br)c(Br)c(Br)c(Br)c1C(=O)OCCOCCCC. The quantitative estimate of drug-likeness (QED) is 0.0945. The molecule has 6 nitrogen and oxygen atoms in total. The lowest BCUT2D eigenvalue weighted by atomic mass is 10.1. The highest BCUT2D eigenvalue weighted by molar-refractivity contribution is 9.15. The van der Waals surface area contributed by atoms with Crippen LogP contribution in [0.2, 0.25) is 0 Å². The number of unbranched alkanes of at least 4 members (excludes halogenated alkanes) is 2. The van der Waals surface area contributed by atoms with Gasteiger partial charge in [-0.05, 0) is 76.6 Å². The van der Waals surface area contributed by atoms with Crippen molar-refractivity contribution in [1.29, 1.82) is 0 Å². The van der Waals surface area contributed by atoms with Crippen LogP contribution in [0.5, 0.6) is 0 Å². The molecule has 1 aromatic rings. The normalized spacial score (nSPS) is 10.9. The van der Waals surface area contributed by atoms with Crippen LogP contribution in [0.4, 0.5) is 0 Å². The minimum atomic E-state index is -0.652. The standard InChI is InChI=1S/C20H26Br4O6/c1-3-5-7-27-9-11-29-19(25)13-14(16(22)18(24)17(23)15(13)21)20(26)30-12-10-28-8-6-4-2/h3-12H2,1-2H3. The highest BCUT2D eigenvalue weighted by Gasteiger charge is 2.30. The van der Waals surface area contributed by atoms with Crippen LogP contribution in [0, 0.1) is 0 Å². The molecule has 170 valence electrons. The monoisotopic (exact) mass is 678 g/mol. The minimum absolute atomic E-state index is 0.0717. The van der Waals surface area contributed by atoms with Gasteiger partial charge in [0.25, 0.3) is 0 Å². The Morgan fingerprint density at radius 1 is 0.600 bits per heavy atom. The Morgan fingerprint density at radius 3 is 1.30 bits per heavy atom. The van der Waals surface area contributed by atoms with E-state index in [0.29, 0.717) is 31.1 Å². The van der Waals surface area contributed by atoms with E-state index in [1.165, 1.54) is 0 Å². The number of carbonyl (C=O) groups is 2. The van der Waals surface area contributed by atoms with Crippen molar-refractivity contribution in [1.82, 2.24) is 0 Å². The first-order chi connectivity index (χ1) is 14.4. The van der Waals surface area contributed by atoms with Crippen LogP contribution in [-0.4, -0.2) is 51.6 Å². The van der Waals surface area contributed by atoms with Gasteiger partial charge < -0.3 is 18.9 Å². The summed E-state index contributed by atoms with van der Waals surface area (Å²) in [5.41, 5.74) is 0.143. The molecule has 0 aliphatic heterocycles. The third kappa shape index (κ3) is 8.86. The first-order valence-electron chi connectivity index (χ1n) is 9.72. The molecule has 0 aliphatic carbocycles. The molecule has 0 unspecified atom stereocenters. The van der Waals surface area contributed by atoms with Gasteiger partial charge in [-0.25, -0.2) is 9.59 Å². The average molecular weight is 682 g/mol. The highest BCUT2D eigenvalue weighted by atomic mass is 79.9. The van der Waals surface area contributed by atoms with Crippen LogP contribution in [-0.2, 0) is 18.9 Å². The third-order valence-electron chi connectivity index (χ3n) is 3.88. The Hall–Kier alpha value is -0.000000000000000187. The molecule has 0 saturated heterocycles. The molecule has 1 rings (SSSR count). The lowest BCUT2D eigenvalue weighted by Crippen LogP contribution is -2.19. The Balaban J connectivity index is 2.89. The van der Waals surface area contributed by atoms with Gasteiger partial charge in [0.15, 0.2) is 0 Å². The molecule has 0 aromatic heterocycles. The van der Waals surface area contributed by atoms with Crippen molar-refractivity contribution in [2.45, 2.75) is 39.5 Å². The molecule has 0 fully saturated rings. The minimum Gasteiger partial charge on any atom is -0.460 e. The Kier molecular flexibility index (Phi) is 14.7. The van der Waals surface area contributed by atoms with Gasteiger partial charge in [-0.1, -0.05) is 26.7 Å². The summed E-state index contributed by atoms with van der Waals surface area (Å²) in [4.78, 5) is 25.5. The van der Waals surface area contributed by atoms with Gasteiger partial charge in [-0.3, -0.25) is 0 Å². The van der Waals surface area contributed by atoms with E-state index in [-0.39, 0.29) is 37.6 Å². The van der Waals surface area contributed by atoms with Crippen LogP contribution >= 0.6 is 63.7 Å². The summed E-state index contributed by atoms with van der Waals surface area (Å²) < 4.78 is 23.4. The summed E-state index contributed by atoms with van der Waals surface area (Å²) in [6.07, 6.45) is 3.96. The molecule has 0 saturated carbocycles. The average Bonchev–Trinajstić information content (AvgIpc) is 2.73. The molecule has 0 spiro atoms. The zero-order valence-electron chi connectivity index (χ0n) is 17.0. The molecule has 0 radical (unpaired) electrons. The molecular formula is C20H26Br4O6. The first kappa shape index (κ1) is 28.0. The van der Waals surface area contributed by atoms with Crippen molar-refractivity contribution in [2.24, 2.45) is 0 Å². The molecule has 0 heterocycles. The van der Waals surface area contributed by atoms with Gasteiger partial charge in [0.2, 0.25) is 0 Å². The highest BCUT2D eigenvalue weighted by Crippen LogP contribution is 2.42. The summed E-state index contributed by atoms with van der Waals surface area (Å²) in [7, 11) is 0. The smallest absolute Gasteiger partial charge is 0.340 e. The van der Waals surface area contributed by atoms with E-state index in [1.807, 2.05) is 0 Å². The van der Waals surface area contributed by atoms with Gasteiger partial charge in [0.1, 0.15) is 13.2 Å². The van der Waals surface area contributed by atoms with E-state index in [2.05, 4.69) is 77.6 Å². The molecule has 0 atom stereocenters. The van der Waals surface area contributed by atoms with Crippen LogP contribution in [0.1, 0.15) is 60.2 Å². The third-order valence-corrected chi connectivity index (χ3v) is 8.65. The Labute approximate surface area is 211 Å². The van der Waals surface area contributed by atoms with Gasteiger partial charge >= 0.3 is 11.9 Å². The fourth-order valence-corrected chi connectivity index (χ4v) is 4.68. The number of hydrogen-bond donors (Lipinski definition) is 0. The largest absolute Gasteiger partial charge is 0.460 e. The van der Waals surface area contributed by atoms with Crippen LogP contribution in [0.3, 0.4) is 0 Å². The topological polar surface area (TPSA) is 71.1 Å². The first-order valence-corrected chi connectivity index (χ1v) is 12.9. The van der Waals surface area contributed by atoms with Crippen molar-refractivity contribution in [3.8, 4) is 0 Å². The Morgan fingerprint density at radius 2 is 0.967 bits per heavy atom. The van der Waals surface area contributed by atoms with Crippen molar-refractivity contribution < 1.29 is 28.5 Å². The maximum absolute atomic E-state index is 12.7. The molecule has 0 bridgehead atoms. The fourth-order valence-electron chi connectivity index (χ4n) is 2.24. The number of carbonyl (C=O) groups excluding carboxylic acids is 2. The number of rotatable bonds is 14. The molecule has 0 N–H and O–H groups in total. The van der Waals surface area contributed by atoms with Crippen LogP contribution in [0.15, 0.2) is 17.9 Å². The molecule has 10 heteroatoms. The number of ether oxygens (including phenoxy) is 4. The van der Waals surface area contributed by atoms with E-state index in [4.69, 9.17) is 18.9 Å². The summed E-state index contributed by atoms with van der Waals surface area (Å²) in [6, 6.07) is 0. The van der Waals surface area contributed by atoms with E-state index in [1.54, 1.807) is 0 Å². The molecule has 0 amide bonds. The van der Waals surface area contributed by atoms with Crippen LogP contribution < -0.4 is 0 Å². The van der Waals surface area contributed by atoms with Gasteiger partial charge in [0, 0.05) is 31.1 Å². The Bertz CT molecular complexity index is 652. The van der Waals surface area contributed by atoms with Crippen LogP contribution in [0.25, 0.3) is 0 Å². The lowest BCUT2D eigenvalue weighted by Gasteiger charge is -2.16. The summed E-state index contributed by atoms with van der Waals surface area (Å²) in [5, 5.41) is 0. The lowest BCUT2D eigenvalue weighted by molar-refractivity contribution is 0.0274. The number of esters is 2. The van der Waals surface area contributed by atoms with Crippen molar-refractivity contribution in [3.63, 3.8) is 0 Å². The maximum atomic E-state index is 12.7. The predicted molar refractivity (Wildman–Crippen MR) is 129 cm³/mol. The summed E-state index contributed by atoms with van der Waals surface area (Å²) in [5.74, 6) is -1.30.